The van der Waals surface area contributed by atoms with Crippen LogP contribution in [0.5, 0.6) is 0 Å². The first-order chi connectivity index (χ1) is 6.98. The topological polar surface area (TPSA) is 0 Å². The molecular weight excluding hydrogens is 311 g/mol. The Morgan fingerprint density at radius 1 is 1.00 bits per heavy atom. The predicted molar refractivity (Wildman–Crippen MR) is 83.4 cm³/mol. The molecule has 0 amide bonds. The quantitative estimate of drug-likeness (QED) is 0.292. The Bertz CT molecular complexity index is 179. The molecule has 2 heteroatoms. The van der Waals surface area contributed by atoms with Gasteiger partial charge in [0.05, 0.1) is 8.07 Å². The molecule has 0 bridgehead atoms. The Balaban J connectivity index is 3.45. The lowest BCUT2D eigenvalue weighted by Crippen LogP contribution is -2.20. The van der Waals surface area contributed by atoms with Crippen molar-refractivity contribution < 1.29 is 0 Å². The Labute approximate surface area is 111 Å². The second-order valence-electron chi connectivity index (χ2n) is 5.36. The van der Waals surface area contributed by atoms with E-state index >= 15 is 0 Å². The van der Waals surface area contributed by atoms with E-state index < -0.39 is 8.07 Å². The van der Waals surface area contributed by atoms with Gasteiger partial charge in [0.15, 0.2) is 0 Å². The van der Waals surface area contributed by atoms with Gasteiger partial charge in [0.2, 0.25) is 0 Å². The molecule has 0 aromatic rings. The van der Waals surface area contributed by atoms with Crippen LogP contribution in [-0.2, 0) is 0 Å². The molecule has 90 valence electrons. The summed E-state index contributed by atoms with van der Waals surface area (Å²) in [5.41, 5.74) is 0. The number of allylic oxidation sites excluding steroid dienone is 1. The Hall–Kier alpha value is 0.687. The summed E-state index contributed by atoms with van der Waals surface area (Å²) in [6.45, 7) is 9.55. The molecule has 0 radical (unpaired) electrons. The summed E-state index contributed by atoms with van der Waals surface area (Å²) in [5.74, 6) is 0. The third-order valence-electron chi connectivity index (χ3n) is 2.60. The maximum absolute atomic E-state index is 2.55. The Morgan fingerprint density at radius 3 is 2.07 bits per heavy atom. The standard InChI is InChI=1S/C13H27ISi/c1-5-6-7-8-9-10-11-12-13(14)15(2,3)4/h12H,5-11H2,1-4H3/b13-12-. The lowest BCUT2D eigenvalue weighted by molar-refractivity contribution is 0.611. The highest BCUT2D eigenvalue weighted by molar-refractivity contribution is 14.1. The molecule has 0 aliphatic heterocycles. The third-order valence-corrected chi connectivity index (χ3v) is 9.53. The van der Waals surface area contributed by atoms with Gasteiger partial charge in [0.25, 0.3) is 0 Å². The van der Waals surface area contributed by atoms with Gasteiger partial charge in [-0.3, -0.25) is 0 Å². The van der Waals surface area contributed by atoms with Gasteiger partial charge < -0.3 is 0 Å². The van der Waals surface area contributed by atoms with Crippen molar-refractivity contribution in [2.45, 2.75) is 71.5 Å². The summed E-state index contributed by atoms with van der Waals surface area (Å²) >= 11 is 2.55. The molecule has 0 fully saturated rings. The number of rotatable bonds is 8. The molecule has 0 unspecified atom stereocenters. The van der Waals surface area contributed by atoms with Crippen molar-refractivity contribution in [3.8, 4) is 0 Å². The molecule has 15 heavy (non-hydrogen) atoms. The summed E-state index contributed by atoms with van der Waals surface area (Å²) in [7, 11) is -0.994. The van der Waals surface area contributed by atoms with Crippen LogP contribution in [0.2, 0.25) is 19.6 Å². The van der Waals surface area contributed by atoms with Crippen LogP contribution in [0.1, 0.15) is 51.9 Å². The van der Waals surface area contributed by atoms with E-state index in [0.29, 0.717) is 0 Å². The maximum atomic E-state index is 2.55. The summed E-state index contributed by atoms with van der Waals surface area (Å²) in [6, 6.07) is 0. The van der Waals surface area contributed by atoms with Gasteiger partial charge in [-0.25, -0.2) is 0 Å². The third kappa shape index (κ3) is 9.61. The zero-order chi connectivity index (χ0) is 11.7. The molecule has 0 nitrogen and oxygen atoms in total. The summed E-state index contributed by atoms with van der Waals surface area (Å²) < 4.78 is 1.65. The number of hydrogen-bond acceptors (Lipinski definition) is 0. The first-order valence-corrected chi connectivity index (χ1v) is 10.9. The fourth-order valence-electron chi connectivity index (χ4n) is 1.46. The minimum atomic E-state index is -0.994. The molecular formula is C13H27ISi. The van der Waals surface area contributed by atoms with Crippen LogP contribution < -0.4 is 0 Å². The smallest absolute Gasteiger partial charge is 0.0794 e. The van der Waals surface area contributed by atoms with Crippen LogP contribution in [0.4, 0.5) is 0 Å². The molecule has 0 saturated carbocycles. The molecule has 0 aromatic heterocycles. The summed E-state index contributed by atoms with van der Waals surface area (Å²) in [5, 5.41) is 0. The van der Waals surface area contributed by atoms with Crippen molar-refractivity contribution in [3.63, 3.8) is 0 Å². The van der Waals surface area contributed by atoms with E-state index in [4.69, 9.17) is 0 Å². The average molecular weight is 338 g/mol. The number of hydrogen-bond donors (Lipinski definition) is 0. The van der Waals surface area contributed by atoms with Gasteiger partial charge in [-0.2, -0.15) is 0 Å². The fourth-order valence-corrected chi connectivity index (χ4v) is 2.53. The lowest BCUT2D eigenvalue weighted by Gasteiger charge is -2.14. The van der Waals surface area contributed by atoms with Crippen molar-refractivity contribution in [3.05, 3.63) is 9.28 Å². The average Bonchev–Trinajstić information content (AvgIpc) is 2.14. The highest BCUT2D eigenvalue weighted by Crippen LogP contribution is 2.22. The minimum absolute atomic E-state index is 0.994. The van der Waals surface area contributed by atoms with Gasteiger partial charge in [0, 0.05) is 0 Å². The van der Waals surface area contributed by atoms with Gasteiger partial charge in [-0.05, 0) is 16.0 Å². The Kier molecular flexibility index (Phi) is 9.20. The van der Waals surface area contributed by atoms with Crippen LogP contribution in [0.3, 0.4) is 0 Å². The molecule has 0 aliphatic rings. The molecule has 0 N–H and O–H groups in total. The molecule has 0 heterocycles. The molecule has 0 saturated heterocycles. The van der Waals surface area contributed by atoms with Gasteiger partial charge in [-0.15, -0.1) is 0 Å². The first kappa shape index (κ1) is 15.7. The van der Waals surface area contributed by atoms with E-state index in [2.05, 4.69) is 55.2 Å². The summed E-state index contributed by atoms with van der Waals surface area (Å²) in [4.78, 5) is 0. The van der Waals surface area contributed by atoms with Gasteiger partial charge >= 0.3 is 0 Å². The van der Waals surface area contributed by atoms with E-state index in [-0.39, 0.29) is 0 Å². The predicted octanol–water partition coefficient (Wildman–Crippen LogP) is 5.93. The molecule has 0 rings (SSSR count). The minimum Gasteiger partial charge on any atom is -0.0794 e. The summed E-state index contributed by atoms with van der Waals surface area (Å²) in [6.07, 6.45) is 12.2. The van der Waals surface area contributed by atoms with Gasteiger partial charge in [-0.1, -0.05) is 87.3 Å². The van der Waals surface area contributed by atoms with Gasteiger partial charge in [0.1, 0.15) is 0 Å². The van der Waals surface area contributed by atoms with E-state index in [0.717, 1.165) is 0 Å². The molecule has 0 aliphatic carbocycles. The monoisotopic (exact) mass is 338 g/mol. The zero-order valence-electron chi connectivity index (χ0n) is 10.9. The second kappa shape index (κ2) is 8.80. The molecule has 0 aromatic carbocycles. The number of halogens is 1. The SMILES string of the molecule is CCCCCCCC/C=C(/I)[Si](C)(C)C. The van der Waals surface area contributed by atoms with E-state index in [9.17, 15) is 0 Å². The van der Waals surface area contributed by atoms with Crippen LogP contribution in [0.15, 0.2) is 9.28 Å². The first-order valence-electron chi connectivity index (χ1n) is 6.34. The van der Waals surface area contributed by atoms with Crippen molar-refractivity contribution in [2.75, 3.05) is 0 Å². The zero-order valence-corrected chi connectivity index (χ0v) is 14.1. The van der Waals surface area contributed by atoms with Crippen molar-refractivity contribution in [1.82, 2.24) is 0 Å². The highest BCUT2D eigenvalue weighted by Gasteiger charge is 2.15. The number of unbranched alkanes of at least 4 members (excludes halogenated alkanes) is 6. The largest absolute Gasteiger partial charge is 0.0850 e. The van der Waals surface area contributed by atoms with E-state index in [1.165, 1.54) is 44.9 Å². The molecule has 0 atom stereocenters. The van der Waals surface area contributed by atoms with E-state index in [1.54, 1.807) is 3.20 Å². The normalized spacial score (nSPS) is 13.3. The van der Waals surface area contributed by atoms with E-state index in [1.807, 2.05) is 0 Å². The van der Waals surface area contributed by atoms with Crippen LogP contribution in [-0.4, -0.2) is 8.07 Å². The second-order valence-corrected chi connectivity index (χ2v) is 12.6. The maximum Gasteiger partial charge on any atom is 0.0850 e. The van der Waals surface area contributed by atoms with Crippen LogP contribution in [0.25, 0.3) is 0 Å². The lowest BCUT2D eigenvalue weighted by atomic mass is 10.1. The van der Waals surface area contributed by atoms with Crippen molar-refractivity contribution >= 4 is 30.7 Å². The van der Waals surface area contributed by atoms with Crippen LogP contribution >= 0.6 is 22.6 Å². The molecule has 0 spiro atoms. The fraction of sp³-hybridized carbons (Fsp3) is 0.846. The van der Waals surface area contributed by atoms with Crippen LogP contribution in [0, 0.1) is 0 Å². The Morgan fingerprint density at radius 2 is 1.53 bits per heavy atom. The highest BCUT2D eigenvalue weighted by atomic mass is 127. The van der Waals surface area contributed by atoms with Crippen molar-refractivity contribution in [1.29, 1.82) is 0 Å². The van der Waals surface area contributed by atoms with Crippen molar-refractivity contribution in [2.24, 2.45) is 0 Å².